The number of rotatable bonds is 11. The molecule has 0 fully saturated rings. The quantitative estimate of drug-likeness (QED) is 0.338. The molecule has 0 aliphatic heterocycles. The SMILES string of the molecule is CCCC(C)(C)CCC(C)CCC=CC/C=C(/Br)CC. The lowest BCUT2D eigenvalue weighted by Gasteiger charge is -2.25. The van der Waals surface area contributed by atoms with Gasteiger partial charge in [0.2, 0.25) is 0 Å². The molecule has 0 aliphatic rings. The van der Waals surface area contributed by atoms with Crippen LogP contribution in [0.3, 0.4) is 0 Å². The predicted octanol–water partition coefficient (Wildman–Crippen LogP) is 7.64. The minimum atomic E-state index is 0.538. The van der Waals surface area contributed by atoms with Gasteiger partial charge in [-0.1, -0.05) is 81.6 Å². The molecule has 0 spiro atoms. The fourth-order valence-corrected chi connectivity index (χ4v) is 2.71. The molecule has 1 atom stereocenters. The highest BCUT2D eigenvalue weighted by molar-refractivity contribution is 9.11. The van der Waals surface area contributed by atoms with E-state index in [1.165, 1.54) is 43.0 Å². The van der Waals surface area contributed by atoms with E-state index < -0.39 is 0 Å². The lowest BCUT2D eigenvalue weighted by molar-refractivity contribution is 0.271. The van der Waals surface area contributed by atoms with Gasteiger partial charge in [-0.25, -0.2) is 0 Å². The fourth-order valence-electron chi connectivity index (χ4n) is 2.52. The molecule has 0 amide bonds. The molecule has 0 rings (SSSR count). The van der Waals surface area contributed by atoms with Crippen molar-refractivity contribution in [2.75, 3.05) is 0 Å². The Morgan fingerprint density at radius 1 is 1.10 bits per heavy atom. The second kappa shape index (κ2) is 11.6. The standard InChI is InChI=1S/C19H35Br/c1-6-15-19(4,5)16-14-17(3)12-10-8-9-11-13-18(20)7-2/h8-9,13,17H,6-7,10-12,14-16H2,1-5H3/b9-8?,18-13+. The van der Waals surface area contributed by atoms with Crippen molar-refractivity contribution in [3.05, 3.63) is 22.7 Å². The molecular weight excluding hydrogens is 308 g/mol. The molecule has 0 aromatic carbocycles. The summed E-state index contributed by atoms with van der Waals surface area (Å²) in [4.78, 5) is 0. The van der Waals surface area contributed by atoms with Crippen LogP contribution < -0.4 is 0 Å². The molecule has 0 aromatic heterocycles. The molecule has 20 heavy (non-hydrogen) atoms. The van der Waals surface area contributed by atoms with E-state index in [-0.39, 0.29) is 0 Å². The van der Waals surface area contributed by atoms with Gasteiger partial charge < -0.3 is 0 Å². The molecule has 0 aromatic rings. The lowest BCUT2D eigenvalue weighted by atomic mass is 9.81. The van der Waals surface area contributed by atoms with E-state index in [1.54, 1.807) is 0 Å². The molecule has 0 bridgehead atoms. The Labute approximate surface area is 136 Å². The molecule has 1 unspecified atom stereocenters. The van der Waals surface area contributed by atoms with Crippen LogP contribution in [0.1, 0.15) is 86.0 Å². The van der Waals surface area contributed by atoms with Crippen LogP contribution in [-0.4, -0.2) is 0 Å². The van der Waals surface area contributed by atoms with E-state index in [2.05, 4.69) is 68.8 Å². The molecule has 0 N–H and O–H groups in total. The first-order chi connectivity index (χ1) is 9.41. The van der Waals surface area contributed by atoms with Crippen molar-refractivity contribution in [3.63, 3.8) is 0 Å². The second-order valence-corrected chi connectivity index (χ2v) is 7.87. The summed E-state index contributed by atoms with van der Waals surface area (Å²) < 4.78 is 1.31. The largest absolute Gasteiger partial charge is 0.0882 e. The normalized spacial score (nSPS) is 15.0. The Morgan fingerprint density at radius 3 is 2.40 bits per heavy atom. The zero-order chi connectivity index (χ0) is 15.4. The Morgan fingerprint density at radius 2 is 1.80 bits per heavy atom. The number of halogens is 1. The number of hydrogen-bond acceptors (Lipinski definition) is 0. The van der Waals surface area contributed by atoms with E-state index in [9.17, 15) is 0 Å². The van der Waals surface area contributed by atoms with Crippen molar-refractivity contribution in [1.29, 1.82) is 0 Å². The molecular formula is C19H35Br. The molecule has 118 valence electrons. The monoisotopic (exact) mass is 342 g/mol. The van der Waals surface area contributed by atoms with Crippen LogP contribution in [0.5, 0.6) is 0 Å². The summed E-state index contributed by atoms with van der Waals surface area (Å²) in [6, 6.07) is 0. The number of hydrogen-bond donors (Lipinski definition) is 0. The maximum absolute atomic E-state index is 3.55. The molecule has 0 saturated heterocycles. The third-order valence-electron chi connectivity index (χ3n) is 4.05. The van der Waals surface area contributed by atoms with E-state index in [4.69, 9.17) is 0 Å². The molecule has 0 radical (unpaired) electrons. The van der Waals surface area contributed by atoms with E-state index in [1.807, 2.05) is 0 Å². The number of allylic oxidation sites excluding steroid dienone is 4. The fraction of sp³-hybridized carbons (Fsp3) is 0.789. The molecule has 1 heteroatoms. The minimum Gasteiger partial charge on any atom is -0.0882 e. The van der Waals surface area contributed by atoms with Crippen molar-refractivity contribution in [1.82, 2.24) is 0 Å². The molecule has 0 aliphatic carbocycles. The van der Waals surface area contributed by atoms with E-state index in [0.29, 0.717) is 5.41 Å². The van der Waals surface area contributed by atoms with Crippen LogP contribution >= 0.6 is 15.9 Å². The van der Waals surface area contributed by atoms with Gasteiger partial charge in [0, 0.05) is 0 Å². The minimum absolute atomic E-state index is 0.538. The maximum Gasteiger partial charge on any atom is -0.00888 e. The highest BCUT2D eigenvalue weighted by Crippen LogP contribution is 2.30. The average Bonchev–Trinajstić information content (AvgIpc) is 2.40. The van der Waals surface area contributed by atoms with Gasteiger partial charge in [0.1, 0.15) is 0 Å². The highest BCUT2D eigenvalue weighted by Gasteiger charge is 2.17. The molecule has 0 heterocycles. The molecule has 0 saturated carbocycles. The van der Waals surface area contributed by atoms with Crippen molar-refractivity contribution in [2.24, 2.45) is 11.3 Å². The molecule has 0 nitrogen and oxygen atoms in total. The first kappa shape index (κ1) is 20.0. The summed E-state index contributed by atoms with van der Waals surface area (Å²) in [6.45, 7) is 11.7. The van der Waals surface area contributed by atoms with Gasteiger partial charge in [-0.05, 0) is 54.3 Å². The van der Waals surface area contributed by atoms with Gasteiger partial charge in [-0.3, -0.25) is 0 Å². The van der Waals surface area contributed by atoms with Crippen LogP contribution in [-0.2, 0) is 0 Å². The third-order valence-corrected chi connectivity index (χ3v) is 4.93. The lowest BCUT2D eigenvalue weighted by Crippen LogP contribution is -2.12. The van der Waals surface area contributed by atoms with E-state index in [0.717, 1.165) is 18.8 Å². The Hall–Kier alpha value is -0.0400. The van der Waals surface area contributed by atoms with Crippen molar-refractivity contribution in [2.45, 2.75) is 86.0 Å². The summed E-state index contributed by atoms with van der Waals surface area (Å²) >= 11 is 3.55. The zero-order valence-electron chi connectivity index (χ0n) is 14.3. The first-order valence-electron chi connectivity index (χ1n) is 8.40. The smallest absolute Gasteiger partial charge is 0.00888 e. The van der Waals surface area contributed by atoms with Gasteiger partial charge in [-0.15, -0.1) is 0 Å². The first-order valence-corrected chi connectivity index (χ1v) is 9.20. The van der Waals surface area contributed by atoms with Crippen molar-refractivity contribution < 1.29 is 0 Å². The van der Waals surface area contributed by atoms with Crippen LogP contribution in [0.15, 0.2) is 22.7 Å². The summed E-state index contributed by atoms with van der Waals surface area (Å²) in [5.41, 5.74) is 0.538. The predicted molar refractivity (Wildman–Crippen MR) is 97.4 cm³/mol. The zero-order valence-corrected chi connectivity index (χ0v) is 15.9. The van der Waals surface area contributed by atoms with E-state index >= 15 is 0 Å². The second-order valence-electron chi connectivity index (χ2n) is 6.85. The van der Waals surface area contributed by atoms with Gasteiger partial charge in [0.15, 0.2) is 0 Å². The van der Waals surface area contributed by atoms with Gasteiger partial charge in [0.25, 0.3) is 0 Å². The van der Waals surface area contributed by atoms with Crippen molar-refractivity contribution >= 4 is 15.9 Å². The highest BCUT2D eigenvalue weighted by atomic mass is 79.9. The summed E-state index contributed by atoms with van der Waals surface area (Å²) in [6.07, 6.45) is 17.0. The van der Waals surface area contributed by atoms with Crippen LogP contribution in [0.4, 0.5) is 0 Å². The van der Waals surface area contributed by atoms with Gasteiger partial charge >= 0.3 is 0 Å². The van der Waals surface area contributed by atoms with Crippen LogP contribution in [0.25, 0.3) is 0 Å². The maximum atomic E-state index is 3.55. The third kappa shape index (κ3) is 11.8. The summed E-state index contributed by atoms with van der Waals surface area (Å²) in [5, 5.41) is 0. The average molecular weight is 343 g/mol. The Kier molecular flexibility index (Phi) is 11.6. The topological polar surface area (TPSA) is 0 Å². The van der Waals surface area contributed by atoms with Gasteiger partial charge in [0.05, 0.1) is 0 Å². The van der Waals surface area contributed by atoms with Crippen LogP contribution in [0, 0.1) is 11.3 Å². The van der Waals surface area contributed by atoms with Gasteiger partial charge in [-0.2, -0.15) is 0 Å². The summed E-state index contributed by atoms with van der Waals surface area (Å²) in [7, 11) is 0. The van der Waals surface area contributed by atoms with Crippen LogP contribution in [0.2, 0.25) is 0 Å². The Bertz CT molecular complexity index is 286. The summed E-state index contributed by atoms with van der Waals surface area (Å²) in [5.74, 6) is 0.855. The van der Waals surface area contributed by atoms with Crippen molar-refractivity contribution in [3.8, 4) is 0 Å². The Balaban J connectivity index is 3.73.